The summed E-state index contributed by atoms with van der Waals surface area (Å²) in [5.41, 5.74) is 5.84. The fraction of sp³-hybridized carbons (Fsp3) is 0.588. The molecule has 0 bridgehead atoms. The average Bonchev–Trinajstić information content (AvgIpc) is 2.84. The second-order valence-electron chi connectivity index (χ2n) is 7.22. The number of anilines is 1. The largest absolute Gasteiger partial charge is 0.327 e. The number of hydrogen-bond donors (Lipinski definition) is 1. The molecule has 1 amide bonds. The van der Waals surface area contributed by atoms with Crippen LogP contribution in [0.25, 0.3) is 0 Å². The van der Waals surface area contributed by atoms with Gasteiger partial charge in [0.2, 0.25) is 5.91 Å². The van der Waals surface area contributed by atoms with Crippen molar-refractivity contribution in [1.29, 1.82) is 0 Å². The van der Waals surface area contributed by atoms with E-state index in [1.807, 2.05) is 0 Å². The fourth-order valence-corrected chi connectivity index (χ4v) is 3.65. The van der Waals surface area contributed by atoms with Crippen LogP contribution in [0.3, 0.4) is 0 Å². The lowest BCUT2D eigenvalue weighted by Crippen LogP contribution is -2.56. The molecule has 2 heterocycles. The van der Waals surface area contributed by atoms with E-state index in [-0.39, 0.29) is 41.5 Å². The Bertz CT molecular complexity index is 606. The Hall–Kier alpha value is -1.24. The summed E-state index contributed by atoms with van der Waals surface area (Å²) < 4.78 is 27.9. The van der Waals surface area contributed by atoms with Gasteiger partial charge in [-0.25, -0.2) is 8.78 Å². The number of halogens is 3. The van der Waals surface area contributed by atoms with Crippen LogP contribution in [0.4, 0.5) is 14.5 Å². The Labute approximate surface area is 147 Å². The minimum atomic E-state index is -0.694. The number of carbonyl (C=O) groups is 1. The van der Waals surface area contributed by atoms with Crippen LogP contribution in [-0.4, -0.2) is 42.5 Å². The van der Waals surface area contributed by atoms with Gasteiger partial charge < -0.3 is 10.6 Å². The molecule has 1 aromatic rings. The Balaban J connectivity index is 0.00000208. The minimum absolute atomic E-state index is 0. The van der Waals surface area contributed by atoms with Crippen molar-refractivity contribution >= 4 is 24.0 Å². The molecule has 0 saturated carbocycles. The summed E-state index contributed by atoms with van der Waals surface area (Å²) in [5, 5.41) is 0. The van der Waals surface area contributed by atoms with Crippen LogP contribution in [0.2, 0.25) is 0 Å². The maximum absolute atomic E-state index is 14.0. The molecule has 4 nitrogen and oxygen atoms in total. The zero-order chi connectivity index (χ0) is 16.8. The van der Waals surface area contributed by atoms with Crippen LogP contribution in [-0.2, 0) is 4.79 Å². The molecular formula is C17H24ClF2N3O. The predicted molar refractivity (Wildman–Crippen MR) is 92.3 cm³/mol. The Morgan fingerprint density at radius 2 is 1.79 bits per heavy atom. The fourth-order valence-electron chi connectivity index (χ4n) is 3.65. The van der Waals surface area contributed by atoms with Crippen molar-refractivity contribution in [2.75, 3.05) is 24.5 Å². The molecule has 7 heteroatoms. The highest BCUT2D eigenvalue weighted by Gasteiger charge is 2.43. The monoisotopic (exact) mass is 359 g/mol. The van der Waals surface area contributed by atoms with Crippen molar-refractivity contribution in [3.8, 4) is 0 Å². The number of likely N-dealkylation sites (tertiary alicyclic amines) is 1. The van der Waals surface area contributed by atoms with Crippen molar-refractivity contribution < 1.29 is 13.6 Å². The maximum atomic E-state index is 14.0. The van der Waals surface area contributed by atoms with Crippen molar-refractivity contribution in [2.24, 2.45) is 11.1 Å². The predicted octanol–water partition coefficient (Wildman–Crippen LogP) is 2.55. The van der Waals surface area contributed by atoms with Gasteiger partial charge in [-0.05, 0) is 30.4 Å². The first-order valence-electron chi connectivity index (χ1n) is 8.06. The highest BCUT2D eigenvalue weighted by atomic mass is 35.5. The molecule has 24 heavy (non-hydrogen) atoms. The quantitative estimate of drug-likeness (QED) is 0.882. The number of para-hydroxylation sites is 1. The average molecular weight is 360 g/mol. The van der Waals surface area contributed by atoms with Gasteiger partial charge in [0.25, 0.3) is 0 Å². The van der Waals surface area contributed by atoms with E-state index in [4.69, 9.17) is 5.73 Å². The Kier molecular flexibility index (Phi) is 5.52. The molecule has 2 atom stereocenters. The van der Waals surface area contributed by atoms with Gasteiger partial charge in [-0.1, -0.05) is 19.9 Å². The minimum Gasteiger partial charge on any atom is -0.327 e. The van der Waals surface area contributed by atoms with Crippen molar-refractivity contribution in [1.82, 2.24) is 4.90 Å². The molecule has 3 rings (SSSR count). The third-order valence-corrected chi connectivity index (χ3v) is 5.17. The summed E-state index contributed by atoms with van der Waals surface area (Å²) >= 11 is 0. The number of amides is 1. The molecule has 2 unspecified atom stereocenters. The molecule has 2 saturated heterocycles. The molecule has 134 valence electrons. The molecule has 0 spiro atoms. The smallest absolute Gasteiger partial charge is 0.244 e. The second kappa shape index (κ2) is 6.94. The van der Waals surface area contributed by atoms with Gasteiger partial charge in [0, 0.05) is 25.7 Å². The van der Waals surface area contributed by atoms with Gasteiger partial charge in [-0.15, -0.1) is 12.4 Å². The summed E-state index contributed by atoms with van der Waals surface area (Å²) in [7, 11) is 0. The van der Waals surface area contributed by atoms with E-state index in [0.29, 0.717) is 13.0 Å². The molecule has 2 fully saturated rings. The number of rotatable bonds is 2. The number of nitrogens with two attached hydrogens (primary N) is 1. The van der Waals surface area contributed by atoms with Gasteiger partial charge in [0.15, 0.2) is 0 Å². The zero-order valence-corrected chi connectivity index (χ0v) is 14.8. The number of benzene rings is 1. The van der Waals surface area contributed by atoms with E-state index in [0.717, 1.165) is 19.5 Å². The maximum Gasteiger partial charge on any atom is 0.244 e. The summed E-state index contributed by atoms with van der Waals surface area (Å²) in [5.74, 6) is -1.61. The molecule has 0 aromatic heterocycles. The van der Waals surface area contributed by atoms with E-state index in [1.165, 1.54) is 23.1 Å². The van der Waals surface area contributed by atoms with E-state index in [9.17, 15) is 13.6 Å². The standard InChI is InChI=1S/C17H23F2N3O.ClH/c1-17(2)10-21(8-7-14(17)20)13-6-9-22(16(13)23)15-11(18)4-3-5-12(15)19;/h3-5,13-14H,6-10,20H2,1-2H3;1H. The molecule has 2 aliphatic heterocycles. The van der Waals surface area contributed by atoms with E-state index in [1.54, 1.807) is 0 Å². The molecule has 2 N–H and O–H groups in total. The number of nitrogens with zero attached hydrogens (tertiary/aromatic N) is 2. The van der Waals surface area contributed by atoms with Gasteiger partial charge in [-0.2, -0.15) is 0 Å². The van der Waals surface area contributed by atoms with Crippen LogP contribution < -0.4 is 10.6 Å². The van der Waals surface area contributed by atoms with Crippen molar-refractivity contribution in [3.05, 3.63) is 29.8 Å². The Morgan fingerprint density at radius 3 is 2.38 bits per heavy atom. The number of hydrogen-bond acceptors (Lipinski definition) is 3. The second-order valence-corrected chi connectivity index (χ2v) is 7.22. The highest BCUT2D eigenvalue weighted by Crippen LogP contribution is 2.33. The lowest BCUT2D eigenvalue weighted by molar-refractivity contribution is -0.123. The Morgan fingerprint density at radius 1 is 1.17 bits per heavy atom. The van der Waals surface area contributed by atoms with Crippen molar-refractivity contribution in [3.63, 3.8) is 0 Å². The van der Waals surface area contributed by atoms with Crippen LogP contribution in [0.5, 0.6) is 0 Å². The third kappa shape index (κ3) is 3.27. The molecule has 0 radical (unpaired) electrons. The lowest BCUT2D eigenvalue weighted by atomic mass is 9.79. The van der Waals surface area contributed by atoms with Gasteiger partial charge >= 0.3 is 0 Å². The topological polar surface area (TPSA) is 49.6 Å². The van der Waals surface area contributed by atoms with Crippen LogP contribution >= 0.6 is 12.4 Å². The van der Waals surface area contributed by atoms with Crippen LogP contribution in [0.1, 0.15) is 26.7 Å². The first kappa shape index (κ1) is 19.1. The first-order valence-corrected chi connectivity index (χ1v) is 8.06. The third-order valence-electron chi connectivity index (χ3n) is 5.17. The molecule has 1 aromatic carbocycles. The summed E-state index contributed by atoms with van der Waals surface area (Å²) in [6.45, 7) is 5.99. The SMILES string of the molecule is CC1(C)CN(C2CCN(c3c(F)cccc3F)C2=O)CCC1N.Cl. The van der Waals surface area contributed by atoms with Gasteiger partial charge in [-0.3, -0.25) is 9.69 Å². The van der Waals surface area contributed by atoms with Crippen LogP contribution in [0, 0.1) is 17.0 Å². The van der Waals surface area contributed by atoms with E-state index in [2.05, 4.69) is 18.7 Å². The van der Waals surface area contributed by atoms with E-state index < -0.39 is 11.6 Å². The molecule has 0 aliphatic carbocycles. The van der Waals surface area contributed by atoms with Crippen LogP contribution in [0.15, 0.2) is 18.2 Å². The zero-order valence-electron chi connectivity index (χ0n) is 14.0. The molecule has 2 aliphatic rings. The lowest BCUT2D eigenvalue weighted by Gasteiger charge is -2.44. The van der Waals surface area contributed by atoms with Gasteiger partial charge in [0.05, 0.1) is 6.04 Å². The summed E-state index contributed by atoms with van der Waals surface area (Å²) in [6, 6.07) is 3.46. The van der Waals surface area contributed by atoms with Crippen molar-refractivity contribution in [2.45, 2.75) is 38.8 Å². The first-order chi connectivity index (χ1) is 10.8. The number of piperidine rings is 1. The van der Waals surface area contributed by atoms with E-state index >= 15 is 0 Å². The summed E-state index contributed by atoms with van der Waals surface area (Å²) in [6.07, 6.45) is 1.41. The normalized spacial score (nSPS) is 27.2. The number of carbonyl (C=O) groups excluding carboxylic acids is 1. The summed E-state index contributed by atoms with van der Waals surface area (Å²) in [4.78, 5) is 16.1. The van der Waals surface area contributed by atoms with Gasteiger partial charge in [0.1, 0.15) is 17.3 Å². The molecular weight excluding hydrogens is 336 g/mol. The highest BCUT2D eigenvalue weighted by molar-refractivity contribution is 5.99.